The third kappa shape index (κ3) is 5.48. The van der Waals surface area contributed by atoms with E-state index in [1.165, 1.54) is 0 Å². The number of anilines is 2. The first kappa shape index (κ1) is 26.7. The van der Waals surface area contributed by atoms with Gasteiger partial charge in [0.1, 0.15) is 5.69 Å². The van der Waals surface area contributed by atoms with Gasteiger partial charge in [0.05, 0.1) is 30.6 Å². The van der Waals surface area contributed by atoms with Gasteiger partial charge in [0.2, 0.25) is 5.91 Å². The number of rotatable bonds is 8. The number of aryl methyl sites for hydroxylation is 1. The molecule has 2 atom stereocenters. The number of pyridine rings is 1. The van der Waals surface area contributed by atoms with Crippen molar-refractivity contribution in [1.82, 2.24) is 34.9 Å². The summed E-state index contributed by atoms with van der Waals surface area (Å²) in [6, 6.07) is 1.72. The van der Waals surface area contributed by atoms with Crippen LogP contribution in [0, 0.1) is 5.92 Å². The number of allylic oxidation sites excluding steroid dienone is 1. The number of methoxy groups -OCH3 is 1. The lowest BCUT2D eigenvalue weighted by Crippen LogP contribution is -2.54. The number of aromatic amines is 1. The molecule has 0 aromatic carbocycles. The van der Waals surface area contributed by atoms with Crippen LogP contribution in [0.15, 0.2) is 41.4 Å². The largest absolute Gasteiger partial charge is 0.478 e. The molecule has 4 N–H and O–H groups in total. The van der Waals surface area contributed by atoms with Crippen molar-refractivity contribution in [3.05, 3.63) is 42.0 Å². The predicted molar refractivity (Wildman–Crippen MR) is 153 cm³/mol. The number of carbonyl (C=O) groups excluding carboxylic acids is 1. The molecule has 2 aliphatic rings. The van der Waals surface area contributed by atoms with E-state index in [2.05, 4.69) is 61.7 Å². The summed E-state index contributed by atoms with van der Waals surface area (Å²) in [5.41, 5.74) is 4.27. The second kappa shape index (κ2) is 11.1. The van der Waals surface area contributed by atoms with Crippen LogP contribution in [0.2, 0.25) is 0 Å². The zero-order valence-corrected chi connectivity index (χ0v) is 23.4. The van der Waals surface area contributed by atoms with Crippen molar-refractivity contribution in [2.45, 2.75) is 33.1 Å². The number of carbonyl (C=O) groups is 1. The molecule has 1 saturated heterocycles. The molecule has 0 radical (unpaired) electrons. The number of H-pyrrole nitrogens is 1. The maximum atomic E-state index is 13.5. The van der Waals surface area contributed by atoms with Gasteiger partial charge in [-0.1, -0.05) is 13.8 Å². The molecule has 12 nitrogen and oxygen atoms in total. The molecule has 0 bridgehead atoms. The Bertz CT molecular complexity index is 1400. The van der Waals surface area contributed by atoms with Gasteiger partial charge in [0, 0.05) is 62.8 Å². The molecule has 1 amide bonds. The zero-order chi connectivity index (χ0) is 27.7. The van der Waals surface area contributed by atoms with Gasteiger partial charge in [-0.05, 0) is 31.5 Å². The summed E-state index contributed by atoms with van der Waals surface area (Å²) in [5, 5.41) is 15.0. The van der Waals surface area contributed by atoms with Crippen molar-refractivity contribution in [3.8, 4) is 5.88 Å². The molecule has 5 heterocycles. The Morgan fingerprint density at radius 3 is 2.69 bits per heavy atom. The molecule has 2 aliphatic heterocycles. The lowest BCUT2D eigenvalue weighted by atomic mass is 10.0. The molecule has 208 valence electrons. The normalized spacial score (nSPS) is 19.4. The number of likely N-dealkylation sites (N-methyl/N-ethyl adjacent to an activating group) is 1. The van der Waals surface area contributed by atoms with Crippen LogP contribution < -0.4 is 20.7 Å². The van der Waals surface area contributed by atoms with Gasteiger partial charge in [-0.25, -0.2) is 9.98 Å². The number of nitrogens with one attached hydrogen (secondary N) is 4. The van der Waals surface area contributed by atoms with E-state index >= 15 is 0 Å². The number of hydrogen-bond acceptors (Lipinski definition) is 9. The van der Waals surface area contributed by atoms with E-state index in [0.717, 1.165) is 59.6 Å². The summed E-state index contributed by atoms with van der Waals surface area (Å²) in [4.78, 5) is 30.9. The summed E-state index contributed by atoms with van der Waals surface area (Å²) in [7, 11) is 5.55. The van der Waals surface area contributed by atoms with E-state index in [4.69, 9.17) is 9.73 Å². The molecule has 0 spiro atoms. The first-order valence-electron chi connectivity index (χ1n) is 13.3. The highest BCUT2D eigenvalue weighted by Crippen LogP contribution is 2.28. The van der Waals surface area contributed by atoms with Crippen LogP contribution in [0.1, 0.15) is 26.3 Å². The molecule has 3 aromatic rings. The van der Waals surface area contributed by atoms with Gasteiger partial charge < -0.3 is 30.6 Å². The van der Waals surface area contributed by atoms with E-state index in [-0.39, 0.29) is 17.9 Å². The van der Waals surface area contributed by atoms with Crippen molar-refractivity contribution in [2.24, 2.45) is 18.0 Å². The van der Waals surface area contributed by atoms with Crippen molar-refractivity contribution in [1.29, 1.82) is 0 Å². The predicted octanol–water partition coefficient (Wildman–Crippen LogP) is 2.21. The number of aliphatic imine (C=N–C) groups is 1. The third-order valence-corrected chi connectivity index (χ3v) is 7.30. The second-order valence-electron chi connectivity index (χ2n) is 10.5. The Labute approximate surface area is 228 Å². The van der Waals surface area contributed by atoms with E-state index in [0.29, 0.717) is 11.7 Å². The Balaban J connectivity index is 1.40. The van der Waals surface area contributed by atoms with Crippen molar-refractivity contribution in [2.75, 3.05) is 51.0 Å². The highest BCUT2D eigenvalue weighted by atomic mass is 16.5. The van der Waals surface area contributed by atoms with Crippen molar-refractivity contribution < 1.29 is 9.53 Å². The number of hydrogen-bond donors (Lipinski definition) is 4. The number of ether oxygens (including phenoxy) is 1. The average Bonchev–Trinajstić information content (AvgIpc) is 3.49. The minimum absolute atomic E-state index is 0.0318. The molecule has 39 heavy (non-hydrogen) atoms. The summed E-state index contributed by atoms with van der Waals surface area (Å²) in [6.07, 6.45) is 7.02. The van der Waals surface area contributed by atoms with Gasteiger partial charge in [0.25, 0.3) is 5.88 Å². The topological polar surface area (TPSA) is 128 Å². The monoisotopic (exact) mass is 534 g/mol. The van der Waals surface area contributed by atoms with Gasteiger partial charge in [0.15, 0.2) is 12.1 Å². The van der Waals surface area contributed by atoms with Gasteiger partial charge >= 0.3 is 0 Å². The minimum atomic E-state index is -0.414. The Kier molecular flexibility index (Phi) is 7.58. The van der Waals surface area contributed by atoms with Crippen molar-refractivity contribution >= 4 is 34.0 Å². The SMILES string of the molecule is COc1nn(C)cc1NC1N=C(c2c[nH]c3c(NC(=O)C(C(C)C)N4CCN(C)CC4)nccc23)C(C)=CN1. The molecule has 0 saturated carbocycles. The fraction of sp³-hybridized carbons (Fsp3) is 0.481. The van der Waals surface area contributed by atoms with E-state index in [1.54, 1.807) is 18.0 Å². The Morgan fingerprint density at radius 2 is 1.97 bits per heavy atom. The van der Waals surface area contributed by atoms with Gasteiger partial charge in [-0.3, -0.25) is 14.4 Å². The standard InChI is InChI=1S/C27H38N10O2/c1-16(2)23(37-11-9-35(4)10-12-37)25(38)33-24-22-18(7-8-28-24)19(14-29-22)21-17(3)13-30-27(32-21)31-20-15-36(5)34-26(20)39-6/h7-8,13-16,23,27,29-31H,9-12H2,1-6H3,(H,28,33,38). The first-order valence-corrected chi connectivity index (χ1v) is 13.3. The first-order chi connectivity index (χ1) is 18.7. The average molecular weight is 535 g/mol. The number of piperazine rings is 1. The van der Waals surface area contributed by atoms with E-state index in [1.807, 2.05) is 38.6 Å². The van der Waals surface area contributed by atoms with E-state index in [9.17, 15) is 4.79 Å². The summed E-state index contributed by atoms with van der Waals surface area (Å²) in [6.45, 7) is 9.86. The third-order valence-electron chi connectivity index (χ3n) is 7.30. The molecule has 0 aliphatic carbocycles. The molecule has 3 aromatic heterocycles. The van der Waals surface area contributed by atoms with Gasteiger partial charge in [-0.15, -0.1) is 5.10 Å². The van der Waals surface area contributed by atoms with Crippen LogP contribution in [0.4, 0.5) is 11.5 Å². The fourth-order valence-electron chi connectivity index (χ4n) is 5.29. The number of amides is 1. The minimum Gasteiger partial charge on any atom is -0.478 e. The van der Waals surface area contributed by atoms with Crippen LogP contribution in [0.25, 0.3) is 10.9 Å². The number of aromatic nitrogens is 4. The summed E-state index contributed by atoms with van der Waals surface area (Å²) in [5.74, 6) is 1.16. The highest BCUT2D eigenvalue weighted by molar-refractivity contribution is 6.20. The van der Waals surface area contributed by atoms with Crippen LogP contribution >= 0.6 is 0 Å². The van der Waals surface area contributed by atoms with Crippen LogP contribution in [-0.2, 0) is 11.8 Å². The fourth-order valence-corrected chi connectivity index (χ4v) is 5.29. The van der Waals surface area contributed by atoms with Crippen LogP contribution in [0.3, 0.4) is 0 Å². The molecular weight excluding hydrogens is 496 g/mol. The number of nitrogens with zero attached hydrogens (tertiary/aromatic N) is 6. The molecular formula is C27H38N10O2. The Hall–Kier alpha value is -3.90. The lowest BCUT2D eigenvalue weighted by molar-refractivity contribution is -0.123. The zero-order valence-electron chi connectivity index (χ0n) is 23.4. The Morgan fingerprint density at radius 1 is 1.21 bits per heavy atom. The smallest absolute Gasteiger partial charge is 0.256 e. The molecule has 2 unspecified atom stereocenters. The van der Waals surface area contributed by atoms with Crippen LogP contribution in [-0.4, -0.2) is 93.8 Å². The second-order valence-corrected chi connectivity index (χ2v) is 10.5. The summed E-state index contributed by atoms with van der Waals surface area (Å²) < 4.78 is 7.05. The van der Waals surface area contributed by atoms with Gasteiger partial charge in [-0.2, -0.15) is 0 Å². The molecule has 12 heteroatoms. The quantitative estimate of drug-likeness (QED) is 0.346. The molecule has 5 rings (SSSR count). The van der Waals surface area contributed by atoms with Crippen LogP contribution in [0.5, 0.6) is 5.88 Å². The highest BCUT2D eigenvalue weighted by Gasteiger charge is 2.31. The lowest BCUT2D eigenvalue weighted by Gasteiger charge is -2.38. The van der Waals surface area contributed by atoms with E-state index < -0.39 is 6.29 Å². The summed E-state index contributed by atoms with van der Waals surface area (Å²) >= 11 is 0. The maximum Gasteiger partial charge on any atom is 0.256 e. The van der Waals surface area contributed by atoms with Crippen molar-refractivity contribution in [3.63, 3.8) is 0 Å². The number of fused-ring (bicyclic) bond motifs is 1. The molecule has 1 fully saturated rings. The maximum absolute atomic E-state index is 13.5.